The quantitative estimate of drug-likeness (QED) is 0.869. The predicted molar refractivity (Wildman–Crippen MR) is 86.7 cm³/mol. The molecule has 0 radical (unpaired) electrons. The van der Waals surface area contributed by atoms with Crippen molar-refractivity contribution in [2.45, 2.75) is 50.8 Å². The molecule has 1 aliphatic carbocycles. The van der Waals surface area contributed by atoms with Gasteiger partial charge in [-0.1, -0.05) is 25.3 Å². The van der Waals surface area contributed by atoms with Gasteiger partial charge in [-0.25, -0.2) is 12.7 Å². The van der Waals surface area contributed by atoms with Gasteiger partial charge in [0.15, 0.2) is 0 Å². The first-order chi connectivity index (χ1) is 9.84. The second-order valence-electron chi connectivity index (χ2n) is 6.22. The number of nitrogens with zero attached hydrogens (tertiary/aromatic N) is 1. The number of nitrogen functional groups attached to an aromatic ring is 1. The fourth-order valence-corrected chi connectivity index (χ4v) is 4.92. The normalized spacial score (nSPS) is 17.3. The van der Waals surface area contributed by atoms with Gasteiger partial charge in [-0.2, -0.15) is 0 Å². The molecule has 0 aromatic heterocycles. The Balaban J connectivity index is 2.27. The van der Waals surface area contributed by atoms with E-state index >= 15 is 0 Å². The van der Waals surface area contributed by atoms with Gasteiger partial charge in [0, 0.05) is 19.3 Å². The zero-order chi connectivity index (χ0) is 15.6. The van der Waals surface area contributed by atoms with Gasteiger partial charge in [-0.05, 0) is 49.8 Å². The molecule has 2 N–H and O–H groups in total. The van der Waals surface area contributed by atoms with Crippen molar-refractivity contribution in [1.29, 1.82) is 0 Å². The summed E-state index contributed by atoms with van der Waals surface area (Å²) in [6.07, 6.45) is 5.98. The smallest absolute Gasteiger partial charge is 0.243 e. The monoisotopic (exact) mass is 310 g/mol. The lowest BCUT2D eigenvalue weighted by molar-refractivity contribution is 0.300. The van der Waals surface area contributed by atoms with Crippen LogP contribution < -0.4 is 5.73 Å². The van der Waals surface area contributed by atoms with E-state index in [9.17, 15) is 8.42 Å². The number of sulfonamides is 1. The molecule has 4 nitrogen and oxygen atoms in total. The lowest BCUT2D eigenvalue weighted by Crippen LogP contribution is -2.33. The van der Waals surface area contributed by atoms with Crippen LogP contribution in [0.15, 0.2) is 17.0 Å². The van der Waals surface area contributed by atoms with Gasteiger partial charge < -0.3 is 5.73 Å². The van der Waals surface area contributed by atoms with E-state index in [-0.39, 0.29) is 0 Å². The van der Waals surface area contributed by atoms with E-state index in [0.29, 0.717) is 28.6 Å². The first-order valence-electron chi connectivity index (χ1n) is 7.66. The summed E-state index contributed by atoms with van der Waals surface area (Å²) in [7, 11) is -1.78. The van der Waals surface area contributed by atoms with E-state index in [1.54, 1.807) is 26.1 Å². The molecule has 1 aromatic carbocycles. The Morgan fingerprint density at radius 3 is 2.43 bits per heavy atom. The molecule has 0 unspecified atom stereocenters. The fourth-order valence-electron chi connectivity index (χ4n) is 3.23. The Kier molecular flexibility index (Phi) is 4.94. The molecule has 1 aromatic rings. The molecular weight excluding hydrogens is 284 g/mol. The molecule has 1 fully saturated rings. The minimum absolute atomic E-state index is 0.376. The van der Waals surface area contributed by atoms with Crippen LogP contribution >= 0.6 is 0 Å². The highest BCUT2D eigenvalue weighted by Crippen LogP contribution is 2.29. The zero-order valence-corrected chi connectivity index (χ0v) is 14.0. The second-order valence-corrected chi connectivity index (χ2v) is 8.20. The molecule has 118 valence electrons. The van der Waals surface area contributed by atoms with Gasteiger partial charge in [0.05, 0.1) is 4.90 Å². The molecule has 0 atom stereocenters. The highest BCUT2D eigenvalue weighted by Gasteiger charge is 2.28. The average Bonchev–Trinajstić information content (AvgIpc) is 2.44. The van der Waals surface area contributed by atoms with Crippen molar-refractivity contribution >= 4 is 15.7 Å². The molecule has 0 amide bonds. The molecule has 5 heteroatoms. The van der Waals surface area contributed by atoms with Crippen LogP contribution in [0, 0.1) is 19.8 Å². The average molecular weight is 310 g/mol. The topological polar surface area (TPSA) is 63.4 Å². The Labute approximate surface area is 128 Å². The maximum Gasteiger partial charge on any atom is 0.243 e. The van der Waals surface area contributed by atoms with Crippen LogP contribution in [0.1, 0.15) is 43.2 Å². The summed E-state index contributed by atoms with van der Waals surface area (Å²) in [6, 6.07) is 3.55. The van der Waals surface area contributed by atoms with Crippen molar-refractivity contribution in [2.24, 2.45) is 5.92 Å². The number of hydrogen-bond donors (Lipinski definition) is 1. The number of benzene rings is 1. The molecule has 0 heterocycles. The predicted octanol–water partition coefficient (Wildman–Crippen LogP) is 3.09. The van der Waals surface area contributed by atoms with Crippen LogP contribution in [0.2, 0.25) is 0 Å². The standard InChI is InChI=1S/C16H26N2O2S/c1-12-9-10-15(17)13(2)16(12)21(19,20)18(3)11-14-7-5-4-6-8-14/h9-10,14H,4-8,11,17H2,1-3H3. The summed E-state index contributed by atoms with van der Waals surface area (Å²) in [4.78, 5) is 0.376. The van der Waals surface area contributed by atoms with E-state index in [0.717, 1.165) is 18.4 Å². The maximum atomic E-state index is 12.9. The zero-order valence-electron chi connectivity index (χ0n) is 13.2. The van der Waals surface area contributed by atoms with Crippen molar-refractivity contribution in [3.05, 3.63) is 23.3 Å². The number of rotatable bonds is 4. The van der Waals surface area contributed by atoms with Crippen molar-refractivity contribution in [1.82, 2.24) is 4.31 Å². The third-order valence-electron chi connectivity index (χ3n) is 4.55. The third-order valence-corrected chi connectivity index (χ3v) is 6.67. The van der Waals surface area contributed by atoms with Gasteiger partial charge in [-0.3, -0.25) is 0 Å². The third kappa shape index (κ3) is 3.40. The van der Waals surface area contributed by atoms with E-state index in [2.05, 4.69) is 0 Å². The summed E-state index contributed by atoms with van der Waals surface area (Å²) in [6.45, 7) is 4.22. The number of aryl methyl sites for hydroxylation is 1. The van der Waals surface area contributed by atoms with E-state index in [1.807, 2.05) is 6.92 Å². The Hall–Kier alpha value is -1.07. The number of nitrogens with two attached hydrogens (primary N) is 1. The lowest BCUT2D eigenvalue weighted by Gasteiger charge is -2.27. The van der Waals surface area contributed by atoms with E-state index in [1.165, 1.54) is 23.6 Å². The van der Waals surface area contributed by atoms with Crippen molar-refractivity contribution in [2.75, 3.05) is 19.3 Å². The molecule has 0 spiro atoms. The number of anilines is 1. The first-order valence-corrected chi connectivity index (χ1v) is 9.10. The largest absolute Gasteiger partial charge is 0.398 e. The Morgan fingerprint density at radius 2 is 1.81 bits per heavy atom. The summed E-state index contributed by atoms with van der Waals surface area (Å²) in [5, 5.41) is 0. The van der Waals surface area contributed by atoms with E-state index in [4.69, 9.17) is 5.73 Å². The molecule has 0 bridgehead atoms. The summed E-state index contributed by atoms with van der Waals surface area (Å²) in [5.41, 5.74) is 7.84. The highest BCUT2D eigenvalue weighted by molar-refractivity contribution is 7.89. The first kappa shape index (κ1) is 16.3. The molecule has 2 rings (SSSR count). The van der Waals surface area contributed by atoms with Gasteiger partial charge >= 0.3 is 0 Å². The summed E-state index contributed by atoms with van der Waals surface area (Å²) in [5.74, 6) is 0.486. The Morgan fingerprint density at radius 1 is 1.19 bits per heavy atom. The minimum Gasteiger partial charge on any atom is -0.398 e. The van der Waals surface area contributed by atoms with Crippen LogP contribution in [-0.2, 0) is 10.0 Å². The van der Waals surface area contributed by atoms with Crippen LogP contribution in [-0.4, -0.2) is 26.3 Å². The van der Waals surface area contributed by atoms with Crippen LogP contribution in [0.5, 0.6) is 0 Å². The Bertz CT molecular complexity index is 605. The summed E-state index contributed by atoms with van der Waals surface area (Å²) >= 11 is 0. The summed E-state index contributed by atoms with van der Waals surface area (Å²) < 4.78 is 27.3. The molecule has 1 saturated carbocycles. The minimum atomic E-state index is -3.47. The van der Waals surface area contributed by atoms with Crippen molar-refractivity contribution < 1.29 is 8.42 Å². The highest BCUT2D eigenvalue weighted by atomic mass is 32.2. The second kappa shape index (κ2) is 6.36. The number of hydrogen-bond acceptors (Lipinski definition) is 3. The molecular formula is C16H26N2O2S. The molecule has 0 saturated heterocycles. The van der Waals surface area contributed by atoms with E-state index < -0.39 is 10.0 Å². The van der Waals surface area contributed by atoms with Crippen molar-refractivity contribution in [3.63, 3.8) is 0 Å². The molecule has 0 aliphatic heterocycles. The maximum absolute atomic E-state index is 12.9. The van der Waals surface area contributed by atoms with Gasteiger partial charge in [0.25, 0.3) is 0 Å². The van der Waals surface area contributed by atoms with Gasteiger partial charge in [0.1, 0.15) is 0 Å². The SMILES string of the molecule is Cc1ccc(N)c(C)c1S(=O)(=O)N(C)CC1CCCCC1. The van der Waals surface area contributed by atoms with Crippen LogP contribution in [0.3, 0.4) is 0 Å². The fraction of sp³-hybridized carbons (Fsp3) is 0.625. The van der Waals surface area contributed by atoms with Gasteiger partial charge in [0.2, 0.25) is 10.0 Å². The van der Waals surface area contributed by atoms with Crippen molar-refractivity contribution in [3.8, 4) is 0 Å². The van der Waals surface area contributed by atoms with Crippen LogP contribution in [0.25, 0.3) is 0 Å². The van der Waals surface area contributed by atoms with Crippen LogP contribution in [0.4, 0.5) is 5.69 Å². The molecule has 1 aliphatic rings. The lowest BCUT2D eigenvalue weighted by atomic mass is 9.89. The van der Waals surface area contributed by atoms with Gasteiger partial charge in [-0.15, -0.1) is 0 Å². The molecule has 21 heavy (non-hydrogen) atoms.